The van der Waals surface area contributed by atoms with Crippen LogP contribution in [0.15, 0.2) is 36.8 Å². The molecule has 1 spiro atoms. The molecule has 0 atom stereocenters. The van der Waals surface area contributed by atoms with E-state index in [9.17, 15) is 9.59 Å². The molecule has 0 unspecified atom stereocenters. The minimum atomic E-state index is 0.123. The number of carbonyl (C=O) groups excluding carboxylic acids is 2. The fraction of sp³-hybridized carbons (Fsp3) is 0.500. The van der Waals surface area contributed by atoms with E-state index in [0.717, 1.165) is 68.7 Å². The fourth-order valence-electron chi connectivity index (χ4n) is 4.45. The molecule has 3 heterocycles. The van der Waals surface area contributed by atoms with Crippen LogP contribution in [0.3, 0.4) is 0 Å². The van der Waals surface area contributed by atoms with Crippen LogP contribution in [0.5, 0.6) is 0 Å². The molecule has 0 saturated carbocycles. The van der Waals surface area contributed by atoms with Crippen LogP contribution < -0.4 is 0 Å². The first-order chi connectivity index (χ1) is 13.5. The van der Waals surface area contributed by atoms with Crippen LogP contribution in [0.25, 0.3) is 0 Å². The molecule has 2 aromatic rings. The van der Waals surface area contributed by atoms with Gasteiger partial charge in [-0.1, -0.05) is 17.7 Å². The molecule has 2 aliphatic heterocycles. The number of hydrogen-bond acceptors (Lipinski definition) is 3. The summed E-state index contributed by atoms with van der Waals surface area (Å²) in [6.07, 6.45) is 7.81. The minimum absolute atomic E-state index is 0.123. The Morgan fingerprint density at radius 2 is 1.93 bits per heavy atom. The quantitative estimate of drug-likeness (QED) is 0.887. The second-order valence-electron chi connectivity index (χ2n) is 8.30. The molecule has 0 bridgehead atoms. The molecular formula is C22H28N4O2. The first-order valence-corrected chi connectivity index (χ1v) is 10.2. The van der Waals surface area contributed by atoms with Crippen LogP contribution in [0.2, 0.25) is 0 Å². The molecule has 2 saturated heterocycles. The fourth-order valence-corrected chi connectivity index (χ4v) is 4.45. The normalized spacial score (nSPS) is 19.2. The van der Waals surface area contributed by atoms with Crippen molar-refractivity contribution in [2.24, 2.45) is 5.41 Å². The van der Waals surface area contributed by atoms with Gasteiger partial charge in [0.05, 0.1) is 6.33 Å². The van der Waals surface area contributed by atoms with Crippen molar-refractivity contribution in [2.45, 2.75) is 39.0 Å². The zero-order valence-corrected chi connectivity index (χ0v) is 16.5. The Labute approximate surface area is 165 Å². The van der Waals surface area contributed by atoms with Crippen molar-refractivity contribution in [2.75, 3.05) is 26.2 Å². The van der Waals surface area contributed by atoms with Crippen LogP contribution >= 0.6 is 0 Å². The highest BCUT2D eigenvalue weighted by Gasteiger charge is 2.41. The Bertz CT molecular complexity index is 821. The van der Waals surface area contributed by atoms with Crippen molar-refractivity contribution in [3.05, 3.63) is 53.6 Å². The van der Waals surface area contributed by atoms with Gasteiger partial charge in [0, 0.05) is 56.5 Å². The van der Waals surface area contributed by atoms with E-state index >= 15 is 0 Å². The summed E-state index contributed by atoms with van der Waals surface area (Å²) in [5, 5.41) is 0. The monoisotopic (exact) mass is 380 g/mol. The summed E-state index contributed by atoms with van der Waals surface area (Å²) in [7, 11) is 0. The molecule has 2 amide bonds. The zero-order valence-electron chi connectivity index (χ0n) is 16.5. The summed E-state index contributed by atoms with van der Waals surface area (Å²) in [4.78, 5) is 36.3. The molecule has 1 N–H and O–H groups in total. The lowest BCUT2D eigenvalue weighted by Crippen LogP contribution is -2.52. The lowest BCUT2D eigenvalue weighted by Gasteiger charge is -2.47. The zero-order chi connectivity index (χ0) is 19.6. The van der Waals surface area contributed by atoms with Gasteiger partial charge in [-0.25, -0.2) is 4.98 Å². The second kappa shape index (κ2) is 7.78. The molecule has 1 aromatic carbocycles. The Kier molecular flexibility index (Phi) is 5.20. The highest BCUT2D eigenvalue weighted by atomic mass is 16.2. The predicted octanol–water partition coefficient (Wildman–Crippen LogP) is 2.81. The number of hydrogen-bond donors (Lipinski definition) is 1. The number of imidazole rings is 1. The number of carbonyl (C=O) groups is 2. The Hall–Kier alpha value is -2.63. The number of rotatable bonds is 4. The average molecular weight is 380 g/mol. The first-order valence-electron chi connectivity index (χ1n) is 10.2. The number of aromatic nitrogens is 2. The highest BCUT2D eigenvalue weighted by molar-refractivity contribution is 5.94. The number of likely N-dealkylation sites (tertiary alicyclic amines) is 2. The molecule has 0 radical (unpaired) electrons. The number of amides is 2. The maximum Gasteiger partial charge on any atom is 0.253 e. The van der Waals surface area contributed by atoms with E-state index < -0.39 is 0 Å². The van der Waals surface area contributed by atoms with Crippen LogP contribution in [-0.4, -0.2) is 57.8 Å². The Balaban J connectivity index is 1.35. The molecule has 1 aromatic heterocycles. The molecule has 148 valence electrons. The SMILES string of the molecule is Cc1ccc(C(=O)N2CCC3(CCC(=O)N(CCc4cnc[nH]4)C3)CC2)cc1. The first kappa shape index (κ1) is 18.7. The highest BCUT2D eigenvalue weighted by Crippen LogP contribution is 2.40. The smallest absolute Gasteiger partial charge is 0.253 e. The number of aromatic amines is 1. The number of piperidine rings is 2. The van der Waals surface area contributed by atoms with Crippen molar-refractivity contribution < 1.29 is 9.59 Å². The van der Waals surface area contributed by atoms with Crippen molar-refractivity contribution in [3.8, 4) is 0 Å². The van der Waals surface area contributed by atoms with E-state index in [4.69, 9.17) is 0 Å². The second-order valence-corrected chi connectivity index (χ2v) is 8.30. The minimum Gasteiger partial charge on any atom is -0.348 e. The van der Waals surface area contributed by atoms with E-state index in [1.807, 2.05) is 47.2 Å². The number of nitrogens with zero attached hydrogens (tertiary/aromatic N) is 3. The number of nitrogens with one attached hydrogen (secondary N) is 1. The van der Waals surface area contributed by atoms with Crippen molar-refractivity contribution in [3.63, 3.8) is 0 Å². The third-order valence-electron chi connectivity index (χ3n) is 6.36. The predicted molar refractivity (Wildman–Crippen MR) is 107 cm³/mol. The topological polar surface area (TPSA) is 69.3 Å². The van der Waals surface area contributed by atoms with Gasteiger partial charge in [-0.15, -0.1) is 0 Å². The van der Waals surface area contributed by atoms with Gasteiger partial charge in [0.15, 0.2) is 0 Å². The van der Waals surface area contributed by atoms with E-state index in [0.29, 0.717) is 6.42 Å². The molecule has 6 heteroatoms. The lowest BCUT2D eigenvalue weighted by atomic mass is 9.72. The third-order valence-corrected chi connectivity index (χ3v) is 6.36. The molecule has 0 aliphatic carbocycles. The molecule has 28 heavy (non-hydrogen) atoms. The molecule has 2 fully saturated rings. The Morgan fingerprint density at radius 1 is 1.18 bits per heavy atom. The third kappa shape index (κ3) is 3.96. The van der Waals surface area contributed by atoms with Gasteiger partial charge in [-0.2, -0.15) is 0 Å². The number of benzene rings is 1. The largest absolute Gasteiger partial charge is 0.348 e. The van der Waals surface area contributed by atoms with Crippen molar-refractivity contribution in [1.82, 2.24) is 19.8 Å². The summed E-state index contributed by atoms with van der Waals surface area (Å²) in [5.74, 6) is 0.376. The number of aryl methyl sites for hydroxylation is 1. The van der Waals surface area contributed by atoms with Crippen LogP contribution in [0.1, 0.15) is 47.3 Å². The van der Waals surface area contributed by atoms with Gasteiger partial charge >= 0.3 is 0 Å². The number of H-pyrrole nitrogens is 1. The van der Waals surface area contributed by atoms with E-state index in [1.54, 1.807) is 6.33 Å². The van der Waals surface area contributed by atoms with E-state index in [2.05, 4.69) is 9.97 Å². The molecule has 6 nitrogen and oxygen atoms in total. The van der Waals surface area contributed by atoms with E-state index in [-0.39, 0.29) is 17.2 Å². The van der Waals surface area contributed by atoms with E-state index in [1.165, 1.54) is 0 Å². The molecule has 2 aliphatic rings. The van der Waals surface area contributed by atoms with Gasteiger partial charge in [-0.05, 0) is 43.7 Å². The summed E-state index contributed by atoms with van der Waals surface area (Å²) in [5.41, 5.74) is 3.15. The van der Waals surface area contributed by atoms with Crippen molar-refractivity contribution >= 4 is 11.8 Å². The van der Waals surface area contributed by atoms with Crippen LogP contribution in [-0.2, 0) is 11.2 Å². The average Bonchev–Trinajstić information content (AvgIpc) is 3.23. The maximum absolute atomic E-state index is 12.8. The van der Waals surface area contributed by atoms with Gasteiger partial charge in [0.1, 0.15) is 0 Å². The van der Waals surface area contributed by atoms with Gasteiger partial charge in [0.25, 0.3) is 5.91 Å². The summed E-state index contributed by atoms with van der Waals surface area (Å²) >= 11 is 0. The van der Waals surface area contributed by atoms with Gasteiger partial charge in [-0.3, -0.25) is 9.59 Å². The lowest BCUT2D eigenvalue weighted by molar-refractivity contribution is -0.138. The summed E-state index contributed by atoms with van der Waals surface area (Å²) in [6.45, 7) is 5.12. The molecule has 4 rings (SSSR count). The van der Waals surface area contributed by atoms with Gasteiger partial charge < -0.3 is 14.8 Å². The summed E-state index contributed by atoms with van der Waals surface area (Å²) < 4.78 is 0. The van der Waals surface area contributed by atoms with Crippen molar-refractivity contribution in [1.29, 1.82) is 0 Å². The van der Waals surface area contributed by atoms with Crippen LogP contribution in [0, 0.1) is 12.3 Å². The summed E-state index contributed by atoms with van der Waals surface area (Å²) in [6, 6.07) is 7.81. The Morgan fingerprint density at radius 3 is 2.61 bits per heavy atom. The molecular weight excluding hydrogens is 352 g/mol. The van der Waals surface area contributed by atoms with Crippen LogP contribution in [0.4, 0.5) is 0 Å². The van der Waals surface area contributed by atoms with Gasteiger partial charge in [0.2, 0.25) is 5.91 Å². The maximum atomic E-state index is 12.8. The standard InChI is InChI=1S/C22H28N4O2/c1-17-2-4-18(5-3-17)21(28)25-12-9-22(10-13-25)8-6-20(27)26(15-22)11-7-19-14-23-16-24-19/h2-5,14,16H,6-13,15H2,1H3,(H,23,24).